The van der Waals surface area contributed by atoms with Crippen molar-refractivity contribution in [2.75, 3.05) is 37.6 Å². The first kappa shape index (κ1) is 20.4. The Hall–Kier alpha value is -2.89. The zero-order valence-electron chi connectivity index (χ0n) is 17.6. The smallest absolute Gasteiger partial charge is 0.252 e. The lowest BCUT2D eigenvalue weighted by Gasteiger charge is -2.35. The minimum atomic E-state index is -0.0738. The van der Waals surface area contributed by atoms with Gasteiger partial charge in [-0.3, -0.25) is 9.59 Å². The van der Waals surface area contributed by atoms with Crippen molar-refractivity contribution in [3.63, 3.8) is 0 Å². The van der Waals surface area contributed by atoms with E-state index in [4.69, 9.17) is 0 Å². The highest BCUT2D eigenvalue weighted by atomic mass is 16.2. The van der Waals surface area contributed by atoms with Crippen LogP contribution in [0.15, 0.2) is 48.7 Å². The van der Waals surface area contributed by atoms with Crippen molar-refractivity contribution in [1.29, 1.82) is 0 Å². The minimum absolute atomic E-state index is 0.0738. The number of aromatic nitrogens is 1. The molecule has 6 heteroatoms. The summed E-state index contributed by atoms with van der Waals surface area (Å²) in [5.74, 6) is 1.60. The van der Waals surface area contributed by atoms with Crippen molar-refractivity contribution in [2.45, 2.75) is 32.1 Å². The summed E-state index contributed by atoms with van der Waals surface area (Å²) < 4.78 is 0. The number of benzene rings is 1. The molecule has 2 fully saturated rings. The largest absolute Gasteiger partial charge is 0.353 e. The molecular weight excluding hydrogens is 376 g/mol. The van der Waals surface area contributed by atoms with Gasteiger partial charge in [0, 0.05) is 44.8 Å². The summed E-state index contributed by atoms with van der Waals surface area (Å²) in [7, 11) is 0. The molecule has 2 heterocycles. The molecule has 1 N–H and O–H groups in total. The monoisotopic (exact) mass is 406 g/mol. The summed E-state index contributed by atoms with van der Waals surface area (Å²) in [5.41, 5.74) is 1.86. The molecule has 0 spiro atoms. The van der Waals surface area contributed by atoms with Crippen LogP contribution in [0.2, 0.25) is 0 Å². The van der Waals surface area contributed by atoms with Gasteiger partial charge in [-0.1, -0.05) is 43.7 Å². The molecule has 1 aliphatic heterocycles. The minimum Gasteiger partial charge on any atom is -0.353 e. The lowest BCUT2D eigenvalue weighted by atomic mass is 10.1. The summed E-state index contributed by atoms with van der Waals surface area (Å²) in [6.45, 7) is 5.77. The van der Waals surface area contributed by atoms with E-state index in [9.17, 15) is 9.59 Å². The van der Waals surface area contributed by atoms with Crippen LogP contribution in [0.5, 0.6) is 0 Å². The predicted molar refractivity (Wildman–Crippen MR) is 118 cm³/mol. The number of hydrogen-bond donors (Lipinski definition) is 1. The maximum atomic E-state index is 12.9. The van der Waals surface area contributed by atoms with Gasteiger partial charge < -0.3 is 15.1 Å². The predicted octanol–water partition coefficient (Wildman–Crippen LogP) is 3.06. The van der Waals surface area contributed by atoms with E-state index in [1.54, 1.807) is 6.20 Å². The Kier molecular flexibility index (Phi) is 6.31. The number of carbonyl (C=O) groups excluding carboxylic acids is 2. The van der Waals surface area contributed by atoms with Gasteiger partial charge in [0.05, 0.1) is 5.56 Å². The van der Waals surface area contributed by atoms with Crippen LogP contribution in [0.4, 0.5) is 5.82 Å². The molecule has 1 saturated carbocycles. The van der Waals surface area contributed by atoms with Crippen LogP contribution < -0.4 is 10.2 Å². The number of unbranched alkanes of at least 4 members (excludes halogenated alkanes) is 1. The topological polar surface area (TPSA) is 65.5 Å². The second kappa shape index (κ2) is 9.28. The Labute approximate surface area is 178 Å². The van der Waals surface area contributed by atoms with Gasteiger partial charge in [0.2, 0.25) is 5.91 Å². The third-order valence-corrected chi connectivity index (χ3v) is 6.08. The molecular formula is C24H30N4O2. The van der Waals surface area contributed by atoms with Crippen LogP contribution in [0, 0.1) is 5.92 Å². The van der Waals surface area contributed by atoms with Gasteiger partial charge in [-0.15, -0.1) is 0 Å². The van der Waals surface area contributed by atoms with Gasteiger partial charge >= 0.3 is 0 Å². The van der Waals surface area contributed by atoms with Gasteiger partial charge in [0.15, 0.2) is 0 Å². The summed E-state index contributed by atoms with van der Waals surface area (Å²) in [6.07, 6.45) is 4.64. The van der Waals surface area contributed by atoms with E-state index in [1.807, 2.05) is 35.2 Å². The standard InChI is InChI=1S/C24H30N4O2/c1-2-3-11-25-23(29)19-9-10-22(26-17-19)27-12-14-28(15-13-27)24(30)21-16-20(21)18-7-5-4-6-8-18/h4-10,17,20-21H,2-3,11-16H2,1H3,(H,25,29). The van der Waals surface area contributed by atoms with Gasteiger partial charge in [0.1, 0.15) is 5.82 Å². The zero-order valence-corrected chi connectivity index (χ0v) is 17.6. The first-order chi connectivity index (χ1) is 14.7. The first-order valence-electron chi connectivity index (χ1n) is 11.0. The zero-order chi connectivity index (χ0) is 20.9. The molecule has 1 aliphatic carbocycles. The van der Waals surface area contributed by atoms with Crippen molar-refractivity contribution in [1.82, 2.24) is 15.2 Å². The molecule has 158 valence electrons. The number of anilines is 1. The highest BCUT2D eigenvalue weighted by molar-refractivity contribution is 5.94. The van der Waals surface area contributed by atoms with Crippen molar-refractivity contribution in [3.8, 4) is 0 Å². The van der Waals surface area contributed by atoms with Crippen LogP contribution >= 0.6 is 0 Å². The van der Waals surface area contributed by atoms with E-state index in [-0.39, 0.29) is 17.7 Å². The Morgan fingerprint density at radius 3 is 2.50 bits per heavy atom. The van der Waals surface area contributed by atoms with Crippen LogP contribution in [-0.2, 0) is 4.79 Å². The second-order valence-corrected chi connectivity index (χ2v) is 8.19. The molecule has 1 aromatic heterocycles. The SMILES string of the molecule is CCCCNC(=O)c1ccc(N2CCN(C(=O)C3CC3c3ccccc3)CC2)nc1. The molecule has 2 aliphatic rings. The Morgan fingerprint density at radius 2 is 1.83 bits per heavy atom. The normalized spacial score (nSPS) is 20.7. The van der Waals surface area contributed by atoms with Gasteiger partial charge in [0.25, 0.3) is 5.91 Å². The van der Waals surface area contributed by atoms with Crippen LogP contribution in [0.3, 0.4) is 0 Å². The molecule has 1 saturated heterocycles. The molecule has 4 rings (SSSR count). The average Bonchev–Trinajstić information content (AvgIpc) is 3.61. The number of amides is 2. The molecule has 2 atom stereocenters. The Bertz CT molecular complexity index is 861. The number of pyridine rings is 1. The van der Waals surface area contributed by atoms with Crippen LogP contribution in [0.1, 0.15) is 48.0 Å². The average molecular weight is 407 g/mol. The Morgan fingerprint density at radius 1 is 1.07 bits per heavy atom. The third kappa shape index (κ3) is 4.64. The fourth-order valence-electron chi connectivity index (χ4n) is 4.12. The van der Waals surface area contributed by atoms with Gasteiger partial charge in [-0.2, -0.15) is 0 Å². The Balaban J connectivity index is 1.26. The molecule has 6 nitrogen and oxygen atoms in total. The van der Waals surface area contributed by atoms with Crippen LogP contribution in [-0.4, -0.2) is 54.4 Å². The number of hydrogen-bond acceptors (Lipinski definition) is 4. The number of rotatable bonds is 7. The van der Waals surface area contributed by atoms with Gasteiger partial charge in [-0.25, -0.2) is 4.98 Å². The fourth-order valence-corrected chi connectivity index (χ4v) is 4.12. The lowest BCUT2D eigenvalue weighted by molar-refractivity contribution is -0.133. The number of nitrogens with one attached hydrogen (secondary N) is 1. The van der Waals surface area contributed by atoms with E-state index in [0.717, 1.165) is 51.3 Å². The summed E-state index contributed by atoms with van der Waals surface area (Å²) in [5, 5.41) is 2.91. The summed E-state index contributed by atoms with van der Waals surface area (Å²) >= 11 is 0. The lowest BCUT2D eigenvalue weighted by Crippen LogP contribution is -2.49. The molecule has 2 aromatic rings. The van der Waals surface area contributed by atoms with E-state index in [2.05, 4.69) is 34.3 Å². The number of piperazine rings is 1. The van der Waals surface area contributed by atoms with Crippen molar-refractivity contribution >= 4 is 17.6 Å². The maximum Gasteiger partial charge on any atom is 0.252 e. The van der Waals surface area contributed by atoms with Crippen molar-refractivity contribution in [3.05, 3.63) is 59.8 Å². The van der Waals surface area contributed by atoms with Crippen LogP contribution in [0.25, 0.3) is 0 Å². The maximum absolute atomic E-state index is 12.9. The third-order valence-electron chi connectivity index (χ3n) is 6.08. The molecule has 30 heavy (non-hydrogen) atoms. The molecule has 2 amide bonds. The summed E-state index contributed by atoms with van der Waals surface area (Å²) in [4.78, 5) is 33.6. The van der Waals surface area contributed by atoms with E-state index >= 15 is 0 Å². The van der Waals surface area contributed by atoms with Gasteiger partial charge in [-0.05, 0) is 36.5 Å². The number of nitrogens with zero attached hydrogens (tertiary/aromatic N) is 3. The number of carbonyl (C=O) groups is 2. The van der Waals surface area contributed by atoms with E-state index in [1.165, 1.54) is 5.56 Å². The second-order valence-electron chi connectivity index (χ2n) is 8.19. The highest BCUT2D eigenvalue weighted by Gasteiger charge is 2.46. The fraction of sp³-hybridized carbons (Fsp3) is 0.458. The molecule has 1 aromatic carbocycles. The quantitative estimate of drug-likeness (QED) is 0.718. The van der Waals surface area contributed by atoms with E-state index < -0.39 is 0 Å². The molecule has 0 radical (unpaired) electrons. The molecule has 2 unspecified atom stereocenters. The highest BCUT2D eigenvalue weighted by Crippen LogP contribution is 2.48. The van der Waals surface area contributed by atoms with Crippen molar-refractivity contribution < 1.29 is 9.59 Å². The van der Waals surface area contributed by atoms with E-state index in [0.29, 0.717) is 18.0 Å². The first-order valence-corrected chi connectivity index (χ1v) is 11.0. The molecule has 0 bridgehead atoms. The summed E-state index contributed by atoms with van der Waals surface area (Å²) in [6, 6.07) is 14.1. The van der Waals surface area contributed by atoms with Crippen molar-refractivity contribution in [2.24, 2.45) is 5.92 Å².